The molecule has 1 atom stereocenters. The highest BCUT2D eigenvalue weighted by Crippen LogP contribution is 2.24. The zero-order chi connectivity index (χ0) is 7.61. The van der Waals surface area contributed by atoms with Crippen molar-refractivity contribution in [3.63, 3.8) is 0 Å². The minimum atomic E-state index is -1.26. The first-order chi connectivity index (χ1) is 4.65. The number of carboxylic acid groups (broad SMARTS) is 1. The summed E-state index contributed by atoms with van der Waals surface area (Å²) in [5.74, 6) is -1.02. The predicted octanol–water partition coefficient (Wildman–Crippen LogP) is 1.37. The topological polar surface area (TPSA) is 37.3 Å². The highest BCUT2D eigenvalue weighted by Gasteiger charge is 2.32. The molecule has 0 heterocycles. The van der Waals surface area contributed by atoms with E-state index in [1.165, 1.54) is 6.08 Å². The molecule has 0 fully saturated rings. The third kappa shape index (κ3) is 1.21. The summed E-state index contributed by atoms with van der Waals surface area (Å²) in [4.78, 5) is 9.18. The first-order valence-corrected chi connectivity index (χ1v) is 3.20. The van der Waals surface area contributed by atoms with Crippen LogP contribution >= 0.6 is 11.6 Å². The fraction of sp³-hybridized carbons (Fsp3) is 0.286. The Hall–Kier alpha value is -0.760. The molecule has 1 aliphatic carbocycles. The predicted molar refractivity (Wildman–Crippen MR) is 37.8 cm³/mol. The molecular formula is C7H6ClO2. The minimum Gasteiger partial charge on any atom is -0.480 e. The number of hydrogen-bond donors (Lipinski definition) is 1. The fourth-order valence-corrected chi connectivity index (χ4v) is 0.832. The van der Waals surface area contributed by atoms with Crippen LogP contribution in [0, 0.1) is 6.08 Å². The molecule has 3 heteroatoms. The van der Waals surface area contributed by atoms with Gasteiger partial charge in [0.1, 0.15) is 0 Å². The van der Waals surface area contributed by atoms with E-state index in [1.807, 2.05) is 0 Å². The largest absolute Gasteiger partial charge is 0.480 e. The molecule has 1 N–H and O–H groups in total. The number of carbonyl (C=O) groups is 1. The standard InChI is InChI=1S/C7H6ClO2/c8-7(6(9)10)4-2-1-3-5-7/h1-2,4H,5H2,(H,9,10). The van der Waals surface area contributed by atoms with Gasteiger partial charge < -0.3 is 5.11 Å². The zero-order valence-electron chi connectivity index (χ0n) is 5.17. The monoisotopic (exact) mass is 157 g/mol. The van der Waals surface area contributed by atoms with Crippen molar-refractivity contribution in [2.24, 2.45) is 0 Å². The van der Waals surface area contributed by atoms with Crippen molar-refractivity contribution in [1.29, 1.82) is 0 Å². The summed E-state index contributed by atoms with van der Waals surface area (Å²) in [5, 5.41) is 8.56. The summed E-state index contributed by atoms with van der Waals surface area (Å²) in [6.07, 6.45) is 7.66. The number of allylic oxidation sites excluding steroid dienone is 3. The van der Waals surface area contributed by atoms with Gasteiger partial charge >= 0.3 is 5.97 Å². The van der Waals surface area contributed by atoms with E-state index in [1.54, 1.807) is 12.2 Å². The molecule has 0 saturated carbocycles. The van der Waals surface area contributed by atoms with Crippen molar-refractivity contribution < 1.29 is 9.90 Å². The number of rotatable bonds is 1. The Labute approximate surface area is 63.8 Å². The van der Waals surface area contributed by atoms with E-state index in [-0.39, 0.29) is 6.42 Å². The molecule has 1 unspecified atom stereocenters. The van der Waals surface area contributed by atoms with Crippen LogP contribution in [0.4, 0.5) is 0 Å². The van der Waals surface area contributed by atoms with Crippen molar-refractivity contribution in [2.75, 3.05) is 0 Å². The Bertz CT molecular complexity index is 208. The van der Waals surface area contributed by atoms with E-state index < -0.39 is 10.8 Å². The molecule has 0 spiro atoms. The number of hydrogen-bond acceptors (Lipinski definition) is 1. The second kappa shape index (κ2) is 2.46. The molecule has 0 bridgehead atoms. The summed E-state index contributed by atoms with van der Waals surface area (Å²) in [6.45, 7) is 0. The van der Waals surface area contributed by atoms with Crippen molar-refractivity contribution >= 4 is 17.6 Å². The lowest BCUT2D eigenvalue weighted by Gasteiger charge is -2.16. The molecule has 1 aliphatic rings. The summed E-state index contributed by atoms with van der Waals surface area (Å²) >= 11 is 5.64. The number of aliphatic carboxylic acids is 1. The van der Waals surface area contributed by atoms with Crippen LogP contribution in [0.2, 0.25) is 0 Å². The second-order valence-corrected chi connectivity index (χ2v) is 2.75. The normalized spacial score (nSPS) is 30.5. The van der Waals surface area contributed by atoms with Crippen LogP contribution < -0.4 is 0 Å². The van der Waals surface area contributed by atoms with Gasteiger partial charge in [-0.3, -0.25) is 0 Å². The van der Waals surface area contributed by atoms with Crippen LogP contribution in [0.3, 0.4) is 0 Å². The maximum atomic E-state index is 10.4. The maximum Gasteiger partial charge on any atom is 0.329 e. The smallest absolute Gasteiger partial charge is 0.329 e. The Morgan fingerprint density at radius 3 is 2.80 bits per heavy atom. The quantitative estimate of drug-likeness (QED) is 0.584. The van der Waals surface area contributed by atoms with Crippen LogP contribution in [0.1, 0.15) is 6.42 Å². The lowest BCUT2D eigenvalue weighted by molar-refractivity contribution is -0.138. The Morgan fingerprint density at radius 1 is 1.80 bits per heavy atom. The molecule has 0 aromatic heterocycles. The van der Waals surface area contributed by atoms with Crippen molar-refractivity contribution in [3.8, 4) is 0 Å². The molecule has 0 aliphatic heterocycles. The first-order valence-electron chi connectivity index (χ1n) is 2.82. The summed E-state index contributed by atoms with van der Waals surface area (Å²) in [7, 11) is 0. The molecule has 2 nitrogen and oxygen atoms in total. The summed E-state index contributed by atoms with van der Waals surface area (Å²) in [6, 6.07) is 0. The third-order valence-electron chi connectivity index (χ3n) is 1.29. The second-order valence-electron chi connectivity index (χ2n) is 2.07. The molecule has 0 saturated heterocycles. The molecule has 0 amide bonds. The fourth-order valence-electron chi connectivity index (χ4n) is 0.682. The van der Waals surface area contributed by atoms with Gasteiger partial charge in [-0.2, -0.15) is 0 Å². The van der Waals surface area contributed by atoms with Gasteiger partial charge in [-0.15, -0.1) is 11.6 Å². The Morgan fingerprint density at radius 2 is 2.50 bits per heavy atom. The molecule has 10 heavy (non-hydrogen) atoms. The van der Waals surface area contributed by atoms with E-state index in [4.69, 9.17) is 16.7 Å². The van der Waals surface area contributed by atoms with Crippen molar-refractivity contribution in [3.05, 3.63) is 24.3 Å². The van der Waals surface area contributed by atoms with Crippen LogP contribution in [0.25, 0.3) is 0 Å². The van der Waals surface area contributed by atoms with E-state index >= 15 is 0 Å². The van der Waals surface area contributed by atoms with Gasteiger partial charge in [0, 0.05) is 6.42 Å². The lowest BCUT2D eigenvalue weighted by Crippen LogP contribution is -2.30. The Kier molecular flexibility index (Phi) is 1.81. The average Bonchev–Trinajstić information content (AvgIpc) is 1.89. The van der Waals surface area contributed by atoms with E-state index in [9.17, 15) is 4.79 Å². The van der Waals surface area contributed by atoms with Crippen LogP contribution in [0.5, 0.6) is 0 Å². The average molecular weight is 158 g/mol. The number of alkyl halides is 1. The van der Waals surface area contributed by atoms with Gasteiger partial charge in [-0.05, 0) is 6.08 Å². The number of carboxylic acids is 1. The van der Waals surface area contributed by atoms with Crippen LogP contribution in [-0.2, 0) is 4.79 Å². The highest BCUT2D eigenvalue weighted by molar-refractivity contribution is 6.35. The van der Waals surface area contributed by atoms with Gasteiger partial charge in [-0.1, -0.05) is 18.2 Å². The third-order valence-corrected chi connectivity index (χ3v) is 1.71. The van der Waals surface area contributed by atoms with Gasteiger partial charge in [0.15, 0.2) is 4.87 Å². The van der Waals surface area contributed by atoms with E-state index in [0.717, 1.165) is 0 Å². The summed E-state index contributed by atoms with van der Waals surface area (Å²) < 4.78 is 0. The zero-order valence-corrected chi connectivity index (χ0v) is 5.93. The van der Waals surface area contributed by atoms with E-state index in [2.05, 4.69) is 6.08 Å². The Balaban J connectivity index is 2.80. The molecule has 1 rings (SSSR count). The van der Waals surface area contributed by atoms with Crippen LogP contribution in [0.15, 0.2) is 18.2 Å². The van der Waals surface area contributed by atoms with Gasteiger partial charge in [0.2, 0.25) is 0 Å². The number of halogens is 1. The minimum absolute atomic E-state index is 0.236. The first kappa shape index (κ1) is 7.35. The molecule has 53 valence electrons. The molecule has 1 radical (unpaired) electrons. The molecule has 0 aromatic rings. The van der Waals surface area contributed by atoms with Crippen molar-refractivity contribution in [1.82, 2.24) is 0 Å². The van der Waals surface area contributed by atoms with Crippen molar-refractivity contribution in [2.45, 2.75) is 11.3 Å². The van der Waals surface area contributed by atoms with Gasteiger partial charge in [0.05, 0.1) is 0 Å². The SMILES string of the molecule is O=C(O)C1(Cl)C=CC=[C]C1. The molecule has 0 aromatic carbocycles. The molecular weight excluding hydrogens is 152 g/mol. The van der Waals surface area contributed by atoms with Gasteiger partial charge in [0.25, 0.3) is 0 Å². The van der Waals surface area contributed by atoms with E-state index in [0.29, 0.717) is 0 Å². The highest BCUT2D eigenvalue weighted by atomic mass is 35.5. The van der Waals surface area contributed by atoms with Gasteiger partial charge in [-0.25, -0.2) is 4.79 Å². The lowest BCUT2D eigenvalue weighted by atomic mass is 10.0. The maximum absolute atomic E-state index is 10.4. The van der Waals surface area contributed by atoms with Crippen LogP contribution in [-0.4, -0.2) is 16.0 Å². The summed E-state index contributed by atoms with van der Waals surface area (Å²) in [5.41, 5.74) is 0.